The summed E-state index contributed by atoms with van der Waals surface area (Å²) in [5.41, 5.74) is 8.71. The highest BCUT2D eigenvalue weighted by Crippen LogP contribution is 2.22. The predicted molar refractivity (Wildman–Crippen MR) is 101 cm³/mol. The van der Waals surface area contributed by atoms with Crippen LogP contribution in [0.15, 0.2) is 54.6 Å². The van der Waals surface area contributed by atoms with Gasteiger partial charge in [-0.3, -0.25) is 9.36 Å². The van der Waals surface area contributed by atoms with Crippen molar-refractivity contribution in [2.24, 2.45) is 5.73 Å². The van der Waals surface area contributed by atoms with Gasteiger partial charge < -0.3 is 10.6 Å². The van der Waals surface area contributed by atoms with Crippen molar-refractivity contribution in [2.45, 2.75) is 25.8 Å². The maximum atomic E-state index is 12.4. The first kappa shape index (κ1) is 17.2. The highest BCUT2D eigenvalue weighted by molar-refractivity contribution is 5.79. The van der Waals surface area contributed by atoms with Gasteiger partial charge in [0.1, 0.15) is 5.82 Å². The second-order valence-electron chi connectivity index (χ2n) is 6.28. The van der Waals surface area contributed by atoms with Crippen LogP contribution in [0.25, 0.3) is 16.7 Å². The molecule has 25 heavy (non-hydrogen) atoms. The number of imidazole rings is 1. The van der Waals surface area contributed by atoms with E-state index in [9.17, 15) is 4.79 Å². The Morgan fingerprint density at radius 2 is 1.84 bits per heavy atom. The average molecular weight is 336 g/mol. The van der Waals surface area contributed by atoms with Gasteiger partial charge in [-0.15, -0.1) is 0 Å². The number of rotatable bonds is 6. The molecule has 0 spiro atoms. The molecule has 1 heterocycles. The molecule has 1 aromatic heterocycles. The summed E-state index contributed by atoms with van der Waals surface area (Å²) in [5.74, 6) is 0.985. The Labute approximate surface area is 148 Å². The Kier molecular flexibility index (Phi) is 5.14. The van der Waals surface area contributed by atoms with Crippen LogP contribution in [0.3, 0.4) is 0 Å². The molecule has 0 saturated heterocycles. The average Bonchev–Trinajstić information content (AvgIpc) is 3.03. The minimum absolute atomic E-state index is 0.0421. The number of benzene rings is 2. The molecule has 1 atom stereocenters. The number of carbonyl (C=O) groups is 1. The highest BCUT2D eigenvalue weighted by Gasteiger charge is 2.17. The number of nitrogens with zero attached hydrogens (tertiary/aromatic N) is 3. The largest absolute Gasteiger partial charge is 0.342 e. The molecule has 2 N–H and O–H groups in total. The van der Waals surface area contributed by atoms with Crippen molar-refractivity contribution in [3.05, 3.63) is 60.4 Å². The molecule has 5 nitrogen and oxygen atoms in total. The molecule has 0 bridgehead atoms. The normalized spacial score (nSPS) is 12.3. The fourth-order valence-electron chi connectivity index (χ4n) is 2.91. The molecule has 5 heteroatoms. The highest BCUT2D eigenvalue weighted by atomic mass is 16.2. The van der Waals surface area contributed by atoms with Gasteiger partial charge in [-0.1, -0.05) is 30.3 Å². The van der Waals surface area contributed by atoms with E-state index in [2.05, 4.69) is 22.8 Å². The van der Waals surface area contributed by atoms with Crippen LogP contribution in [0.1, 0.15) is 19.2 Å². The minimum Gasteiger partial charge on any atom is -0.342 e. The van der Waals surface area contributed by atoms with Crippen molar-refractivity contribution in [1.29, 1.82) is 0 Å². The van der Waals surface area contributed by atoms with Gasteiger partial charge in [0.25, 0.3) is 0 Å². The van der Waals surface area contributed by atoms with Crippen molar-refractivity contribution in [2.75, 3.05) is 13.6 Å². The van der Waals surface area contributed by atoms with Gasteiger partial charge in [0, 0.05) is 38.2 Å². The summed E-state index contributed by atoms with van der Waals surface area (Å²) in [6.07, 6.45) is 1.00. The van der Waals surface area contributed by atoms with Gasteiger partial charge >= 0.3 is 0 Å². The van der Waals surface area contributed by atoms with Crippen LogP contribution in [0, 0.1) is 0 Å². The maximum absolute atomic E-state index is 12.4. The number of fused-ring (bicyclic) bond motifs is 1. The lowest BCUT2D eigenvalue weighted by Crippen LogP contribution is -2.39. The molecule has 1 amide bonds. The van der Waals surface area contributed by atoms with Gasteiger partial charge in [-0.25, -0.2) is 4.98 Å². The molecule has 3 aromatic rings. The Hall–Kier alpha value is -2.66. The SMILES string of the molecule is CC(CN)N(C)C(=O)CCc1nc2ccccc2n1-c1ccccc1. The van der Waals surface area contributed by atoms with Crippen LogP contribution in [-0.4, -0.2) is 40.0 Å². The third-order valence-corrected chi connectivity index (χ3v) is 4.60. The Bertz CT molecular complexity index is 857. The first-order valence-electron chi connectivity index (χ1n) is 8.59. The van der Waals surface area contributed by atoms with E-state index in [1.165, 1.54) is 0 Å². The molecule has 0 fully saturated rings. The standard InChI is InChI=1S/C20H24N4O/c1-15(14-21)23(2)20(25)13-12-19-22-17-10-6-7-11-18(17)24(19)16-8-4-3-5-9-16/h3-11,15H,12-14,21H2,1-2H3. The van der Waals surface area contributed by atoms with Crippen molar-refractivity contribution < 1.29 is 4.79 Å². The number of aryl methyl sites for hydroxylation is 1. The number of amides is 1. The predicted octanol–water partition coefficient (Wildman–Crippen LogP) is 2.76. The molecule has 3 rings (SSSR count). The van der Waals surface area contributed by atoms with Crippen LogP contribution < -0.4 is 5.73 Å². The summed E-state index contributed by atoms with van der Waals surface area (Å²) in [4.78, 5) is 18.9. The fourth-order valence-corrected chi connectivity index (χ4v) is 2.91. The summed E-state index contributed by atoms with van der Waals surface area (Å²) in [5, 5.41) is 0. The Morgan fingerprint density at radius 3 is 2.56 bits per heavy atom. The van der Waals surface area contributed by atoms with E-state index >= 15 is 0 Å². The Balaban J connectivity index is 1.90. The second kappa shape index (κ2) is 7.49. The van der Waals surface area contributed by atoms with E-state index < -0.39 is 0 Å². The number of likely N-dealkylation sites (N-methyl/N-ethyl adjacent to an activating group) is 1. The van der Waals surface area contributed by atoms with E-state index in [1.807, 2.05) is 43.3 Å². The molecular weight excluding hydrogens is 312 g/mol. The van der Waals surface area contributed by atoms with Crippen molar-refractivity contribution in [3.8, 4) is 5.69 Å². The lowest BCUT2D eigenvalue weighted by molar-refractivity contribution is -0.131. The van der Waals surface area contributed by atoms with Crippen molar-refractivity contribution in [3.63, 3.8) is 0 Å². The molecule has 2 aromatic carbocycles. The minimum atomic E-state index is 0.0421. The smallest absolute Gasteiger partial charge is 0.223 e. The van der Waals surface area contributed by atoms with E-state index in [4.69, 9.17) is 10.7 Å². The van der Waals surface area contributed by atoms with Gasteiger partial charge in [0.05, 0.1) is 11.0 Å². The molecule has 130 valence electrons. The summed E-state index contributed by atoms with van der Waals surface area (Å²) in [7, 11) is 1.81. The zero-order valence-corrected chi connectivity index (χ0v) is 14.7. The quantitative estimate of drug-likeness (QED) is 0.753. The van der Waals surface area contributed by atoms with E-state index in [1.54, 1.807) is 11.9 Å². The molecule has 1 unspecified atom stereocenters. The summed E-state index contributed by atoms with van der Waals surface area (Å²) in [6, 6.07) is 18.2. The third-order valence-electron chi connectivity index (χ3n) is 4.60. The number of hydrogen-bond donors (Lipinski definition) is 1. The first-order chi connectivity index (χ1) is 12.1. The molecule has 0 aliphatic heterocycles. The third kappa shape index (κ3) is 3.56. The lowest BCUT2D eigenvalue weighted by atomic mass is 10.2. The van der Waals surface area contributed by atoms with Crippen LogP contribution in [-0.2, 0) is 11.2 Å². The molecular formula is C20H24N4O. The zero-order valence-electron chi connectivity index (χ0n) is 14.7. The molecule has 0 aliphatic rings. The number of hydrogen-bond acceptors (Lipinski definition) is 3. The summed E-state index contributed by atoms with van der Waals surface area (Å²) < 4.78 is 2.13. The van der Waals surface area contributed by atoms with Crippen LogP contribution >= 0.6 is 0 Å². The van der Waals surface area contributed by atoms with Gasteiger partial charge in [-0.05, 0) is 31.2 Å². The van der Waals surface area contributed by atoms with E-state index in [0.29, 0.717) is 19.4 Å². The second-order valence-corrected chi connectivity index (χ2v) is 6.28. The molecule has 0 aliphatic carbocycles. The summed E-state index contributed by atoms with van der Waals surface area (Å²) >= 11 is 0. The fraction of sp³-hybridized carbons (Fsp3) is 0.300. The lowest BCUT2D eigenvalue weighted by Gasteiger charge is -2.23. The molecule has 0 saturated carbocycles. The Morgan fingerprint density at radius 1 is 1.16 bits per heavy atom. The molecule has 0 radical (unpaired) electrons. The van der Waals surface area contributed by atoms with Gasteiger partial charge in [-0.2, -0.15) is 0 Å². The van der Waals surface area contributed by atoms with Crippen LogP contribution in [0.5, 0.6) is 0 Å². The first-order valence-corrected chi connectivity index (χ1v) is 8.59. The topological polar surface area (TPSA) is 64.2 Å². The van der Waals surface area contributed by atoms with Gasteiger partial charge in [0.2, 0.25) is 5.91 Å². The van der Waals surface area contributed by atoms with Crippen molar-refractivity contribution >= 4 is 16.9 Å². The van der Waals surface area contributed by atoms with Crippen molar-refractivity contribution in [1.82, 2.24) is 14.5 Å². The van der Waals surface area contributed by atoms with E-state index in [-0.39, 0.29) is 11.9 Å². The van der Waals surface area contributed by atoms with E-state index in [0.717, 1.165) is 22.5 Å². The number of carbonyl (C=O) groups excluding carboxylic acids is 1. The maximum Gasteiger partial charge on any atom is 0.223 e. The monoisotopic (exact) mass is 336 g/mol. The van der Waals surface area contributed by atoms with Gasteiger partial charge in [0.15, 0.2) is 0 Å². The van der Waals surface area contributed by atoms with Crippen LogP contribution in [0.2, 0.25) is 0 Å². The summed E-state index contributed by atoms with van der Waals surface area (Å²) in [6.45, 7) is 2.42. The zero-order chi connectivity index (χ0) is 17.8. The number of para-hydroxylation sites is 3. The number of aromatic nitrogens is 2. The van der Waals surface area contributed by atoms with Crippen LogP contribution in [0.4, 0.5) is 0 Å². The number of nitrogens with two attached hydrogens (primary N) is 1.